The summed E-state index contributed by atoms with van der Waals surface area (Å²) < 4.78 is 0. The summed E-state index contributed by atoms with van der Waals surface area (Å²) in [6, 6.07) is 20.0. The Kier molecular flexibility index (Phi) is 6.22. The molecular formula is C24H27N3O. The topological polar surface area (TPSA) is 54.0 Å². The van der Waals surface area contributed by atoms with E-state index < -0.39 is 0 Å². The molecule has 1 aromatic heterocycles. The molecule has 0 saturated heterocycles. The van der Waals surface area contributed by atoms with Crippen molar-refractivity contribution >= 4 is 11.6 Å². The highest BCUT2D eigenvalue weighted by molar-refractivity contribution is 6.04. The minimum absolute atomic E-state index is 0.133. The van der Waals surface area contributed by atoms with Gasteiger partial charge in [-0.15, -0.1) is 0 Å². The number of hydrogen-bond donors (Lipinski definition) is 2. The lowest BCUT2D eigenvalue weighted by atomic mass is 9.87. The number of nitrogens with zero attached hydrogens (tertiary/aromatic N) is 1. The molecule has 1 amide bonds. The van der Waals surface area contributed by atoms with Gasteiger partial charge in [0.1, 0.15) is 0 Å². The first-order chi connectivity index (χ1) is 13.4. The number of benzene rings is 2. The molecule has 0 atom stereocenters. The summed E-state index contributed by atoms with van der Waals surface area (Å²) in [6.45, 7) is 8.24. The molecule has 1 heterocycles. The lowest BCUT2D eigenvalue weighted by molar-refractivity contribution is 0.102. The molecule has 4 nitrogen and oxygen atoms in total. The van der Waals surface area contributed by atoms with Crippen LogP contribution in [-0.4, -0.2) is 10.9 Å². The van der Waals surface area contributed by atoms with Gasteiger partial charge in [-0.05, 0) is 46.4 Å². The summed E-state index contributed by atoms with van der Waals surface area (Å²) >= 11 is 0. The second kappa shape index (κ2) is 8.81. The SMILES string of the molecule is CC(C)(C)c1ccc(CNCc2ccc(C(=O)Nc3cccnc3)cc2)cc1. The molecule has 28 heavy (non-hydrogen) atoms. The fraction of sp³-hybridized carbons (Fsp3) is 0.250. The smallest absolute Gasteiger partial charge is 0.255 e. The molecule has 0 saturated carbocycles. The van der Waals surface area contributed by atoms with E-state index in [1.807, 2.05) is 30.3 Å². The maximum atomic E-state index is 12.3. The second-order valence-electron chi connectivity index (χ2n) is 7.94. The van der Waals surface area contributed by atoms with Crippen molar-refractivity contribution in [2.24, 2.45) is 0 Å². The van der Waals surface area contributed by atoms with E-state index in [0.29, 0.717) is 11.3 Å². The first kappa shape index (κ1) is 19.8. The van der Waals surface area contributed by atoms with Gasteiger partial charge in [0.15, 0.2) is 0 Å². The van der Waals surface area contributed by atoms with Crippen LogP contribution < -0.4 is 10.6 Å². The molecule has 3 aromatic rings. The largest absolute Gasteiger partial charge is 0.321 e. The van der Waals surface area contributed by atoms with Crippen LogP contribution in [0.4, 0.5) is 5.69 Å². The van der Waals surface area contributed by atoms with E-state index in [2.05, 4.69) is 60.7 Å². The number of carbonyl (C=O) groups is 1. The molecule has 4 heteroatoms. The third-order valence-electron chi connectivity index (χ3n) is 4.61. The normalized spacial score (nSPS) is 11.2. The maximum absolute atomic E-state index is 12.3. The average molecular weight is 374 g/mol. The number of anilines is 1. The van der Waals surface area contributed by atoms with Crippen molar-refractivity contribution in [2.45, 2.75) is 39.3 Å². The highest BCUT2D eigenvalue weighted by atomic mass is 16.1. The van der Waals surface area contributed by atoms with Crippen molar-refractivity contribution in [1.82, 2.24) is 10.3 Å². The summed E-state index contributed by atoms with van der Waals surface area (Å²) in [5.74, 6) is -0.133. The standard InChI is InChI=1S/C24H27N3O/c1-24(2,3)21-12-8-19(9-13-21)16-26-15-18-6-10-20(11-7-18)23(28)27-22-5-4-14-25-17-22/h4-14,17,26H,15-16H2,1-3H3,(H,27,28). The van der Waals surface area contributed by atoms with Crippen LogP contribution in [0.25, 0.3) is 0 Å². The highest BCUT2D eigenvalue weighted by Crippen LogP contribution is 2.22. The van der Waals surface area contributed by atoms with Gasteiger partial charge in [-0.3, -0.25) is 9.78 Å². The Labute approximate surface area is 167 Å². The van der Waals surface area contributed by atoms with E-state index in [4.69, 9.17) is 0 Å². The fourth-order valence-electron chi connectivity index (χ4n) is 2.89. The van der Waals surface area contributed by atoms with Crippen molar-refractivity contribution in [3.8, 4) is 0 Å². The Morgan fingerprint density at radius 1 is 0.893 bits per heavy atom. The molecule has 144 valence electrons. The van der Waals surface area contributed by atoms with Crippen LogP contribution in [0.2, 0.25) is 0 Å². The van der Waals surface area contributed by atoms with Crippen LogP contribution in [0.1, 0.15) is 47.8 Å². The van der Waals surface area contributed by atoms with Crippen LogP contribution >= 0.6 is 0 Å². The molecule has 0 spiro atoms. The Morgan fingerprint density at radius 3 is 2.04 bits per heavy atom. The predicted molar refractivity (Wildman–Crippen MR) is 114 cm³/mol. The minimum atomic E-state index is -0.133. The Morgan fingerprint density at radius 2 is 1.50 bits per heavy atom. The average Bonchev–Trinajstić information content (AvgIpc) is 2.69. The van der Waals surface area contributed by atoms with Gasteiger partial charge in [0.2, 0.25) is 0 Å². The van der Waals surface area contributed by atoms with Crippen molar-refractivity contribution < 1.29 is 4.79 Å². The molecule has 2 aromatic carbocycles. The van der Waals surface area contributed by atoms with Crippen LogP contribution in [-0.2, 0) is 18.5 Å². The van der Waals surface area contributed by atoms with Crippen LogP contribution in [0.3, 0.4) is 0 Å². The number of hydrogen-bond acceptors (Lipinski definition) is 3. The third-order valence-corrected chi connectivity index (χ3v) is 4.61. The highest BCUT2D eigenvalue weighted by Gasteiger charge is 2.12. The second-order valence-corrected chi connectivity index (χ2v) is 7.94. The molecule has 0 aliphatic rings. The zero-order valence-electron chi connectivity index (χ0n) is 16.7. The Hall–Kier alpha value is -2.98. The summed E-state index contributed by atoms with van der Waals surface area (Å²) in [6.07, 6.45) is 3.31. The maximum Gasteiger partial charge on any atom is 0.255 e. The molecular weight excluding hydrogens is 346 g/mol. The lowest BCUT2D eigenvalue weighted by Crippen LogP contribution is -2.15. The number of pyridine rings is 1. The number of nitrogens with one attached hydrogen (secondary N) is 2. The van der Waals surface area contributed by atoms with Gasteiger partial charge >= 0.3 is 0 Å². The summed E-state index contributed by atoms with van der Waals surface area (Å²) in [7, 11) is 0. The predicted octanol–water partition coefficient (Wildman–Crippen LogP) is 4.92. The lowest BCUT2D eigenvalue weighted by Gasteiger charge is -2.19. The summed E-state index contributed by atoms with van der Waals surface area (Å²) in [4.78, 5) is 16.3. The third kappa shape index (κ3) is 5.51. The Bertz CT molecular complexity index is 895. The number of amides is 1. The minimum Gasteiger partial charge on any atom is -0.321 e. The van der Waals surface area contributed by atoms with Gasteiger partial charge in [-0.25, -0.2) is 0 Å². The quantitative estimate of drug-likeness (QED) is 0.645. The van der Waals surface area contributed by atoms with Gasteiger partial charge in [-0.1, -0.05) is 57.2 Å². The van der Waals surface area contributed by atoms with Crippen molar-refractivity contribution in [3.05, 3.63) is 95.3 Å². The van der Waals surface area contributed by atoms with Crippen LogP contribution in [0.5, 0.6) is 0 Å². The van der Waals surface area contributed by atoms with Crippen LogP contribution in [0, 0.1) is 0 Å². The Balaban J connectivity index is 1.50. The molecule has 0 radical (unpaired) electrons. The van der Waals surface area contributed by atoms with E-state index in [-0.39, 0.29) is 11.3 Å². The van der Waals surface area contributed by atoms with Gasteiger partial charge in [-0.2, -0.15) is 0 Å². The van der Waals surface area contributed by atoms with E-state index in [0.717, 1.165) is 18.7 Å². The fourth-order valence-corrected chi connectivity index (χ4v) is 2.89. The molecule has 3 rings (SSSR count). The number of aromatic nitrogens is 1. The molecule has 0 aliphatic heterocycles. The zero-order valence-corrected chi connectivity index (χ0v) is 16.7. The first-order valence-electron chi connectivity index (χ1n) is 9.52. The van der Waals surface area contributed by atoms with E-state index in [1.165, 1.54) is 11.1 Å². The van der Waals surface area contributed by atoms with E-state index in [9.17, 15) is 4.79 Å². The molecule has 0 aliphatic carbocycles. The van der Waals surface area contributed by atoms with E-state index >= 15 is 0 Å². The van der Waals surface area contributed by atoms with E-state index in [1.54, 1.807) is 18.5 Å². The summed E-state index contributed by atoms with van der Waals surface area (Å²) in [5, 5.41) is 6.30. The van der Waals surface area contributed by atoms with Gasteiger partial charge in [0.05, 0.1) is 11.9 Å². The van der Waals surface area contributed by atoms with Gasteiger partial charge in [0.25, 0.3) is 5.91 Å². The monoisotopic (exact) mass is 373 g/mol. The molecule has 0 unspecified atom stereocenters. The van der Waals surface area contributed by atoms with Crippen molar-refractivity contribution in [1.29, 1.82) is 0 Å². The van der Waals surface area contributed by atoms with Crippen molar-refractivity contribution in [3.63, 3.8) is 0 Å². The summed E-state index contributed by atoms with van der Waals surface area (Å²) in [5.41, 5.74) is 5.25. The molecule has 0 fully saturated rings. The van der Waals surface area contributed by atoms with Crippen molar-refractivity contribution in [2.75, 3.05) is 5.32 Å². The van der Waals surface area contributed by atoms with Gasteiger partial charge < -0.3 is 10.6 Å². The number of rotatable bonds is 6. The zero-order chi connectivity index (χ0) is 20.0. The first-order valence-corrected chi connectivity index (χ1v) is 9.52. The van der Waals surface area contributed by atoms with Crippen LogP contribution in [0.15, 0.2) is 73.1 Å². The molecule has 0 bridgehead atoms. The number of carbonyl (C=O) groups excluding carboxylic acids is 1. The molecule has 2 N–H and O–H groups in total. The van der Waals surface area contributed by atoms with Gasteiger partial charge in [0, 0.05) is 24.8 Å².